The van der Waals surface area contributed by atoms with Crippen LogP contribution in [0.1, 0.15) is 20.7 Å². The summed E-state index contributed by atoms with van der Waals surface area (Å²) in [4.78, 5) is 57.9. The molecule has 0 saturated carbocycles. The number of allylic oxidation sites excluding steroid dienone is 2. The first-order chi connectivity index (χ1) is 18.9. The van der Waals surface area contributed by atoms with Gasteiger partial charge in [-0.15, -0.1) is 0 Å². The maximum atomic E-state index is 13.9. The minimum Gasteiger partial charge on any atom is -0.497 e. The number of methoxy groups -OCH3 is 1. The van der Waals surface area contributed by atoms with Crippen molar-refractivity contribution >= 4 is 45.0 Å². The molecule has 2 saturated heterocycles. The number of fused-ring (bicyclic) bond motifs is 3. The number of amides is 2. The summed E-state index contributed by atoms with van der Waals surface area (Å²) in [5, 5.41) is 0. The molecule has 3 aliphatic heterocycles. The molecule has 39 heavy (non-hydrogen) atoms. The Balaban J connectivity index is 1.42. The van der Waals surface area contributed by atoms with E-state index >= 15 is 0 Å². The predicted molar refractivity (Wildman–Crippen MR) is 148 cm³/mol. The highest BCUT2D eigenvalue weighted by Crippen LogP contribution is 2.47. The van der Waals surface area contributed by atoms with E-state index in [1.807, 2.05) is 6.07 Å². The van der Waals surface area contributed by atoms with Gasteiger partial charge in [0.1, 0.15) is 11.8 Å². The molecule has 8 heteroatoms. The molecule has 0 aromatic heterocycles. The van der Waals surface area contributed by atoms with Gasteiger partial charge in [-0.25, -0.2) is 4.90 Å². The van der Waals surface area contributed by atoms with Gasteiger partial charge in [-0.2, -0.15) is 0 Å². The number of hydrogen-bond acceptors (Lipinski definition) is 6. The van der Waals surface area contributed by atoms with Crippen molar-refractivity contribution in [3.63, 3.8) is 0 Å². The number of ketones is 2. The lowest BCUT2D eigenvalue weighted by Crippen LogP contribution is -2.46. The van der Waals surface area contributed by atoms with Crippen molar-refractivity contribution in [3.05, 3.63) is 118 Å². The van der Waals surface area contributed by atoms with Crippen LogP contribution in [0.25, 0.3) is 0 Å². The van der Waals surface area contributed by atoms with Crippen molar-refractivity contribution in [3.8, 4) is 5.75 Å². The summed E-state index contributed by atoms with van der Waals surface area (Å²) in [7, 11) is 1.54. The molecule has 0 unspecified atom stereocenters. The van der Waals surface area contributed by atoms with Crippen molar-refractivity contribution in [1.82, 2.24) is 4.90 Å². The van der Waals surface area contributed by atoms with Gasteiger partial charge in [0.25, 0.3) is 0 Å². The fraction of sp³-hybridized carbons (Fsp3) is 0.161. The minimum absolute atomic E-state index is 0.186. The maximum absolute atomic E-state index is 13.9. The SMILES string of the molecule is COc1ccc(N2C(=O)[C@@H]3[C@H](C2=O)[C@@H](C(=O)c2ccc(Br)cc2)N2C=CC(C(=O)c4ccccc4)=C[C@@H]32)cc1. The van der Waals surface area contributed by atoms with Gasteiger partial charge >= 0.3 is 0 Å². The largest absolute Gasteiger partial charge is 0.497 e. The number of imide groups is 1. The van der Waals surface area contributed by atoms with Gasteiger partial charge in [0.2, 0.25) is 11.8 Å². The summed E-state index contributed by atoms with van der Waals surface area (Å²) in [5.41, 5.74) is 1.79. The van der Waals surface area contributed by atoms with Crippen LogP contribution in [0.15, 0.2) is 107 Å². The number of Topliss-reactive ketones (excluding diaryl/α,β-unsaturated/α-hetero) is 2. The van der Waals surface area contributed by atoms with Gasteiger partial charge in [0.15, 0.2) is 11.6 Å². The minimum atomic E-state index is -0.909. The Morgan fingerprint density at radius 2 is 1.49 bits per heavy atom. The van der Waals surface area contributed by atoms with Crippen molar-refractivity contribution < 1.29 is 23.9 Å². The van der Waals surface area contributed by atoms with E-state index in [1.54, 1.807) is 96.0 Å². The summed E-state index contributed by atoms with van der Waals surface area (Å²) in [6.07, 6.45) is 5.06. The number of halogens is 1. The molecule has 194 valence electrons. The monoisotopic (exact) mass is 582 g/mol. The Morgan fingerprint density at radius 3 is 2.15 bits per heavy atom. The number of nitrogens with zero attached hydrogens (tertiary/aromatic N) is 2. The number of carbonyl (C=O) groups excluding carboxylic acids is 4. The summed E-state index contributed by atoms with van der Waals surface area (Å²) >= 11 is 3.39. The van der Waals surface area contributed by atoms with Crippen molar-refractivity contribution in [2.45, 2.75) is 12.1 Å². The zero-order chi connectivity index (χ0) is 27.3. The van der Waals surface area contributed by atoms with Crippen LogP contribution in [-0.2, 0) is 9.59 Å². The summed E-state index contributed by atoms with van der Waals surface area (Å²) in [5.74, 6) is -2.41. The average molecular weight is 583 g/mol. The second kappa shape index (κ2) is 9.78. The maximum Gasteiger partial charge on any atom is 0.240 e. The predicted octanol–water partition coefficient (Wildman–Crippen LogP) is 4.84. The highest BCUT2D eigenvalue weighted by Gasteiger charge is 2.63. The van der Waals surface area contributed by atoms with E-state index in [-0.39, 0.29) is 11.6 Å². The van der Waals surface area contributed by atoms with E-state index in [2.05, 4.69) is 15.9 Å². The topological polar surface area (TPSA) is 84.0 Å². The molecule has 0 N–H and O–H groups in total. The van der Waals surface area contributed by atoms with E-state index < -0.39 is 35.7 Å². The zero-order valence-electron chi connectivity index (χ0n) is 20.9. The molecule has 0 spiro atoms. The second-order valence-corrected chi connectivity index (χ2v) is 10.6. The summed E-state index contributed by atoms with van der Waals surface area (Å²) in [6, 6.07) is 20.9. The quantitative estimate of drug-likeness (QED) is 0.305. The molecule has 7 nitrogen and oxygen atoms in total. The van der Waals surface area contributed by atoms with E-state index in [4.69, 9.17) is 4.74 Å². The smallest absolute Gasteiger partial charge is 0.240 e. The molecule has 3 aromatic carbocycles. The van der Waals surface area contributed by atoms with Crippen LogP contribution in [0.2, 0.25) is 0 Å². The third kappa shape index (κ3) is 4.12. The number of carbonyl (C=O) groups is 4. The standard InChI is InChI=1S/C31H23BrN2O5/c1-39-23-13-11-22(12-14-23)34-30(37)25-24-17-20(28(35)18-5-3-2-4-6-18)15-16-33(24)27(26(25)31(34)38)29(36)19-7-9-21(32)10-8-19/h2-17,24-27H,1H3/t24-,25-,26-,27-/m0/s1. The van der Waals surface area contributed by atoms with Crippen molar-refractivity contribution in [1.29, 1.82) is 0 Å². The Kier molecular flexibility index (Phi) is 6.27. The summed E-state index contributed by atoms with van der Waals surface area (Å²) < 4.78 is 6.04. The lowest BCUT2D eigenvalue weighted by atomic mass is 9.85. The van der Waals surface area contributed by atoms with Crippen LogP contribution in [0.3, 0.4) is 0 Å². The molecule has 2 fully saturated rings. The molecule has 0 aliphatic carbocycles. The number of anilines is 1. The lowest BCUT2D eigenvalue weighted by molar-refractivity contribution is -0.123. The van der Waals surface area contributed by atoms with Crippen LogP contribution >= 0.6 is 15.9 Å². The Bertz CT molecular complexity index is 1550. The summed E-state index contributed by atoms with van der Waals surface area (Å²) in [6.45, 7) is 0. The molecule has 3 aromatic rings. The third-order valence-corrected chi connectivity index (χ3v) is 8.10. The van der Waals surface area contributed by atoms with Gasteiger partial charge in [0.05, 0.1) is 30.7 Å². The zero-order valence-corrected chi connectivity index (χ0v) is 22.4. The number of rotatable bonds is 6. The highest BCUT2D eigenvalue weighted by atomic mass is 79.9. The Hall–Kier alpha value is -4.30. The molecule has 4 atom stereocenters. The first-order valence-corrected chi connectivity index (χ1v) is 13.3. The number of hydrogen-bond donors (Lipinski definition) is 0. The first-order valence-electron chi connectivity index (χ1n) is 12.5. The third-order valence-electron chi connectivity index (χ3n) is 7.57. The van der Waals surface area contributed by atoms with Crippen LogP contribution in [0.5, 0.6) is 5.75 Å². The average Bonchev–Trinajstić information content (AvgIpc) is 3.44. The lowest BCUT2D eigenvalue weighted by Gasteiger charge is -2.32. The van der Waals surface area contributed by atoms with Gasteiger partial charge in [0, 0.05) is 27.4 Å². The molecule has 0 bridgehead atoms. The first kappa shape index (κ1) is 25.0. The fourth-order valence-corrected chi connectivity index (χ4v) is 5.99. The normalized spacial score (nSPS) is 23.4. The fourth-order valence-electron chi connectivity index (χ4n) is 5.72. The molecule has 0 radical (unpaired) electrons. The second-order valence-electron chi connectivity index (χ2n) is 9.65. The van der Waals surface area contributed by atoms with Crippen LogP contribution in [-0.4, -0.2) is 47.5 Å². The van der Waals surface area contributed by atoms with E-state index in [9.17, 15) is 19.2 Å². The Labute approximate surface area is 233 Å². The van der Waals surface area contributed by atoms with Crippen LogP contribution < -0.4 is 9.64 Å². The van der Waals surface area contributed by atoms with E-state index in [1.165, 1.54) is 12.0 Å². The van der Waals surface area contributed by atoms with Crippen LogP contribution in [0.4, 0.5) is 5.69 Å². The van der Waals surface area contributed by atoms with Crippen molar-refractivity contribution in [2.75, 3.05) is 12.0 Å². The Morgan fingerprint density at radius 1 is 0.821 bits per heavy atom. The molecular formula is C31H23BrN2O5. The molecule has 6 rings (SSSR count). The van der Waals surface area contributed by atoms with Gasteiger partial charge in [-0.05, 0) is 42.5 Å². The number of benzene rings is 3. The molecule has 3 heterocycles. The molecule has 2 amide bonds. The van der Waals surface area contributed by atoms with Gasteiger partial charge in [-0.3, -0.25) is 19.2 Å². The molecular weight excluding hydrogens is 560 g/mol. The number of ether oxygens (including phenoxy) is 1. The molecule has 3 aliphatic rings. The van der Waals surface area contributed by atoms with E-state index in [0.29, 0.717) is 28.1 Å². The van der Waals surface area contributed by atoms with Gasteiger partial charge < -0.3 is 9.64 Å². The highest BCUT2D eigenvalue weighted by molar-refractivity contribution is 9.10. The van der Waals surface area contributed by atoms with Crippen LogP contribution in [0, 0.1) is 11.8 Å². The van der Waals surface area contributed by atoms with E-state index in [0.717, 1.165) is 4.47 Å². The van der Waals surface area contributed by atoms with Gasteiger partial charge in [-0.1, -0.05) is 64.5 Å². The van der Waals surface area contributed by atoms with Crippen molar-refractivity contribution in [2.24, 2.45) is 11.8 Å².